The summed E-state index contributed by atoms with van der Waals surface area (Å²) in [5, 5.41) is 42.8. The van der Waals surface area contributed by atoms with Crippen molar-refractivity contribution >= 4 is 27.5 Å². The van der Waals surface area contributed by atoms with Crippen LogP contribution in [0, 0.1) is 0 Å². The van der Waals surface area contributed by atoms with Crippen LogP contribution >= 0.6 is 11.3 Å². The van der Waals surface area contributed by atoms with E-state index in [9.17, 15) is 25.2 Å². The van der Waals surface area contributed by atoms with Crippen LogP contribution in [0.1, 0.15) is 27.0 Å². The molecular weight excluding hydrogens is 410 g/mol. The van der Waals surface area contributed by atoms with Crippen LogP contribution in [-0.4, -0.2) is 67.3 Å². The number of pyridine rings is 1. The molecule has 1 aliphatic heterocycles. The van der Waals surface area contributed by atoms with Crippen molar-refractivity contribution in [3.8, 4) is 0 Å². The first kappa shape index (κ1) is 20.8. The molecule has 1 amide bonds. The summed E-state index contributed by atoms with van der Waals surface area (Å²) in [5.41, 5.74) is 1.91. The standard InChI is InChI=1S/C20H21N3O6S/c24-9-13-15(25)16(26)17(27)18(29-13)20-23-12-7-11(1-2-14(12)30-20)19(28)22-8-10-3-5-21-6-4-10/h1-7,13,15-18,24-27H,8-9H2,(H,22,28)/t13-,15+,16+,17-,18-/m1/s1. The summed E-state index contributed by atoms with van der Waals surface area (Å²) in [7, 11) is 0. The van der Waals surface area contributed by atoms with E-state index in [1.54, 1.807) is 30.6 Å². The van der Waals surface area contributed by atoms with Crippen LogP contribution < -0.4 is 5.32 Å². The molecule has 0 radical (unpaired) electrons. The topological polar surface area (TPSA) is 145 Å². The van der Waals surface area contributed by atoms with Gasteiger partial charge in [0.2, 0.25) is 0 Å². The number of amides is 1. The van der Waals surface area contributed by atoms with Crippen molar-refractivity contribution in [2.75, 3.05) is 6.61 Å². The summed E-state index contributed by atoms with van der Waals surface area (Å²) in [6.07, 6.45) is -2.98. The molecule has 0 spiro atoms. The summed E-state index contributed by atoms with van der Waals surface area (Å²) in [4.78, 5) is 20.9. The van der Waals surface area contributed by atoms with E-state index in [-0.39, 0.29) is 5.91 Å². The molecule has 5 N–H and O–H groups in total. The smallest absolute Gasteiger partial charge is 0.251 e. The van der Waals surface area contributed by atoms with Crippen molar-refractivity contribution < 1.29 is 30.0 Å². The van der Waals surface area contributed by atoms with Crippen LogP contribution in [0.3, 0.4) is 0 Å². The summed E-state index contributed by atoms with van der Waals surface area (Å²) in [5.74, 6) is -0.254. The van der Waals surface area contributed by atoms with E-state index >= 15 is 0 Å². The van der Waals surface area contributed by atoms with Crippen molar-refractivity contribution in [1.82, 2.24) is 15.3 Å². The van der Waals surface area contributed by atoms with Gasteiger partial charge in [-0.2, -0.15) is 0 Å². The van der Waals surface area contributed by atoms with Gasteiger partial charge < -0.3 is 30.5 Å². The summed E-state index contributed by atoms with van der Waals surface area (Å²) < 4.78 is 6.34. The first-order valence-corrected chi connectivity index (χ1v) is 10.2. The van der Waals surface area contributed by atoms with Gasteiger partial charge >= 0.3 is 0 Å². The van der Waals surface area contributed by atoms with E-state index in [2.05, 4.69) is 15.3 Å². The largest absolute Gasteiger partial charge is 0.394 e. The Bertz CT molecular complexity index is 1030. The van der Waals surface area contributed by atoms with Crippen LogP contribution in [-0.2, 0) is 11.3 Å². The Labute approximate surface area is 175 Å². The average molecular weight is 431 g/mol. The zero-order valence-corrected chi connectivity index (χ0v) is 16.6. The minimum Gasteiger partial charge on any atom is -0.394 e. The molecule has 5 atom stereocenters. The second-order valence-corrected chi connectivity index (χ2v) is 8.08. The lowest BCUT2D eigenvalue weighted by molar-refractivity contribution is -0.231. The number of benzene rings is 1. The maximum atomic E-state index is 12.5. The van der Waals surface area contributed by atoms with E-state index in [0.717, 1.165) is 10.3 Å². The quantitative estimate of drug-likeness (QED) is 0.384. The molecular formula is C20H21N3O6S. The monoisotopic (exact) mass is 431 g/mol. The lowest BCUT2D eigenvalue weighted by Crippen LogP contribution is -2.55. The fourth-order valence-corrected chi connectivity index (χ4v) is 4.32. The average Bonchev–Trinajstić information content (AvgIpc) is 3.20. The zero-order valence-electron chi connectivity index (χ0n) is 15.8. The van der Waals surface area contributed by atoms with E-state index in [1.807, 2.05) is 12.1 Å². The van der Waals surface area contributed by atoms with Crippen LogP contribution in [0.5, 0.6) is 0 Å². The third-order valence-electron chi connectivity index (χ3n) is 5.00. The molecule has 0 bridgehead atoms. The van der Waals surface area contributed by atoms with Gasteiger partial charge in [0.05, 0.1) is 16.8 Å². The Hall–Kier alpha value is -2.47. The van der Waals surface area contributed by atoms with Crippen LogP contribution in [0.4, 0.5) is 0 Å². The number of carbonyl (C=O) groups is 1. The molecule has 1 fully saturated rings. The lowest BCUT2D eigenvalue weighted by Gasteiger charge is -2.39. The van der Waals surface area contributed by atoms with Gasteiger partial charge in [-0.05, 0) is 35.9 Å². The number of aliphatic hydroxyl groups is 4. The highest BCUT2D eigenvalue weighted by molar-refractivity contribution is 7.18. The Kier molecular flexibility index (Phi) is 6.04. The highest BCUT2D eigenvalue weighted by Gasteiger charge is 2.45. The maximum Gasteiger partial charge on any atom is 0.251 e. The fourth-order valence-electron chi connectivity index (χ4n) is 3.30. The maximum absolute atomic E-state index is 12.5. The molecule has 30 heavy (non-hydrogen) atoms. The minimum atomic E-state index is -1.47. The van der Waals surface area contributed by atoms with E-state index in [4.69, 9.17) is 4.74 Å². The molecule has 2 aromatic heterocycles. The Morgan fingerprint density at radius 2 is 1.87 bits per heavy atom. The highest BCUT2D eigenvalue weighted by Crippen LogP contribution is 2.36. The molecule has 4 rings (SSSR count). The second-order valence-electron chi connectivity index (χ2n) is 7.02. The molecule has 1 saturated heterocycles. The predicted molar refractivity (Wildman–Crippen MR) is 108 cm³/mol. The molecule has 1 aliphatic rings. The molecule has 3 heterocycles. The van der Waals surface area contributed by atoms with Gasteiger partial charge in [-0.25, -0.2) is 4.98 Å². The lowest BCUT2D eigenvalue weighted by atomic mass is 9.95. The summed E-state index contributed by atoms with van der Waals surface area (Å²) in [6, 6.07) is 8.70. The molecule has 3 aromatic rings. The SMILES string of the molecule is O=C(NCc1ccncc1)c1ccc2sc([C@@H]3O[C@H](CO)[C@H](O)[C@H](O)[C@H]3O)nc2c1. The van der Waals surface area contributed by atoms with Crippen molar-refractivity contribution in [2.45, 2.75) is 37.1 Å². The van der Waals surface area contributed by atoms with Crippen molar-refractivity contribution in [2.24, 2.45) is 0 Å². The van der Waals surface area contributed by atoms with Crippen molar-refractivity contribution in [3.63, 3.8) is 0 Å². The second kappa shape index (κ2) is 8.72. The molecule has 1 aromatic carbocycles. The number of aliphatic hydroxyl groups excluding tert-OH is 4. The molecule has 10 heteroatoms. The first-order chi connectivity index (χ1) is 14.5. The third kappa shape index (κ3) is 4.06. The number of nitrogens with zero attached hydrogens (tertiary/aromatic N) is 2. The number of carbonyl (C=O) groups excluding carboxylic acids is 1. The number of hydrogen-bond acceptors (Lipinski definition) is 9. The molecule has 158 valence electrons. The van der Waals surface area contributed by atoms with Crippen LogP contribution in [0.15, 0.2) is 42.7 Å². The van der Waals surface area contributed by atoms with Gasteiger partial charge in [-0.15, -0.1) is 11.3 Å². The number of thiazole rings is 1. The molecule has 0 unspecified atom stereocenters. The number of ether oxygens (including phenoxy) is 1. The first-order valence-electron chi connectivity index (χ1n) is 9.36. The zero-order chi connectivity index (χ0) is 21.3. The number of nitrogens with one attached hydrogen (secondary N) is 1. The van der Waals surface area contributed by atoms with Crippen LogP contribution in [0.2, 0.25) is 0 Å². The number of rotatable bonds is 5. The van der Waals surface area contributed by atoms with E-state index in [1.165, 1.54) is 11.3 Å². The summed E-state index contributed by atoms with van der Waals surface area (Å²) >= 11 is 1.24. The number of fused-ring (bicyclic) bond motifs is 1. The molecule has 0 aliphatic carbocycles. The predicted octanol–water partition coefficient (Wildman–Crippen LogP) is 0.136. The van der Waals surface area contributed by atoms with Gasteiger partial charge in [0, 0.05) is 24.5 Å². The Morgan fingerprint density at radius 3 is 2.60 bits per heavy atom. The highest BCUT2D eigenvalue weighted by atomic mass is 32.1. The summed E-state index contributed by atoms with van der Waals surface area (Å²) in [6.45, 7) is -0.138. The normalized spacial score (nSPS) is 26.6. The number of hydrogen-bond donors (Lipinski definition) is 5. The number of aromatic nitrogens is 2. The molecule has 0 saturated carbocycles. The van der Waals surface area contributed by atoms with Crippen molar-refractivity contribution in [1.29, 1.82) is 0 Å². The third-order valence-corrected chi connectivity index (χ3v) is 6.10. The van der Waals surface area contributed by atoms with Crippen LogP contribution in [0.25, 0.3) is 10.2 Å². The Balaban J connectivity index is 1.53. The van der Waals surface area contributed by atoms with Gasteiger partial charge in [0.1, 0.15) is 35.5 Å². The van der Waals surface area contributed by atoms with Gasteiger partial charge in [-0.3, -0.25) is 9.78 Å². The molecule has 9 nitrogen and oxygen atoms in total. The van der Waals surface area contributed by atoms with Crippen molar-refractivity contribution in [3.05, 3.63) is 58.9 Å². The minimum absolute atomic E-state index is 0.254. The van der Waals surface area contributed by atoms with E-state index < -0.39 is 37.1 Å². The van der Waals surface area contributed by atoms with Gasteiger partial charge in [0.15, 0.2) is 0 Å². The Morgan fingerprint density at radius 1 is 1.10 bits per heavy atom. The van der Waals surface area contributed by atoms with Gasteiger partial charge in [0.25, 0.3) is 5.91 Å². The van der Waals surface area contributed by atoms with Gasteiger partial charge in [-0.1, -0.05) is 0 Å². The fraction of sp³-hybridized carbons (Fsp3) is 0.350. The van der Waals surface area contributed by atoms with E-state index in [0.29, 0.717) is 22.6 Å².